The molecule has 0 atom stereocenters. The van der Waals surface area contributed by atoms with Gasteiger partial charge in [0.1, 0.15) is 0 Å². The van der Waals surface area contributed by atoms with Crippen molar-refractivity contribution in [1.82, 2.24) is 10.2 Å². The van der Waals surface area contributed by atoms with Gasteiger partial charge in [0.15, 0.2) is 0 Å². The van der Waals surface area contributed by atoms with Crippen molar-refractivity contribution in [2.75, 3.05) is 0 Å². The molecule has 1 rings (SSSR count). The third-order valence-corrected chi connectivity index (χ3v) is 0.923. The molecular formula is C4H3LiN2O. The average Bonchev–Trinajstić information content (AvgIpc) is 1.77. The van der Waals surface area contributed by atoms with Crippen LogP contribution >= 0.6 is 0 Å². The maximum absolute atomic E-state index is 10.5. The van der Waals surface area contributed by atoms with Gasteiger partial charge < -0.3 is 0 Å². The van der Waals surface area contributed by atoms with Crippen LogP contribution in [0.1, 0.15) is 0 Å². The van der Waals surface area contributed by atoms with Crippen molar-refractivity contribution in [3.8, 4) is 0 Å². The fraction of sp³-hybridized carbons (Fsp3) is 0. The topological polar surface area (TPSA) is 45.8 Å². The summed E-state index contributed by atoms with van der Waals surface area (Å²) < 4.78 is 0.694. The Balaban J connectivity index is 3.35. The van der Waals surface area contributed by atoms with Gasteiger partial charge >= 0.3 is 54.8 Å². The molecule has 0 spiro atoms. The standard InChI is InChI=1S/C4H3N2O.Li/c7-4-2-1-3-5-6-4;/h1,3H,(H,6,7);. The van der Waals surface area contributed by atoms with E-state index in [2.05, 4.69) is 10.2 Å². The molecule has 0 saturated heterocycles. The summed E-state index contributed by atoms with van der Waals surface area (Å²) in [6.45, 7) is 0. The van der Waals surface area contributed by atoms with Crippen LogP contribution in [0.25, 0.3) is 0 Å². The molecule has 0 aliphatic heterocycles. The number of nitrogens with one attached hydrogen (secondary N) is 1. The van der Waals surface area contributed by atoms with Crippen molar-refractivity contribution in [3.63, 3.8) is 0 Å². The fourth-order valence-electron chi connectivity index (χ4n) is 0.409. The first-order valence-electron chi connectivity index (χ1n) is 2.31. The van der Waals surface area contributed by atoms with Gasteiger partial charge in [0.25, 0.3) is 0 Å². The molecule has 4 heteroatoms. The average molecular weight is 102 g/mol. The van der Waals surface area contributed by atoms with Gasteiger partial charge in [-0.25, -0.2) is 0 Å². The maximum atomic E-state index is 10.5. The van der Waals surface area contributed by atoms with Crippen LogP contribution in [0, 0.1) is 0 Å². The number of hydrogen-bond donors (Lipinski definition) is 1. The normalized spacial score (nSPS) is 9.25. The first kappa shape index (κ1) is 5.61. The summed E-state index contributed by atoms with van der Waals surface area (Å²) in [5.74, 6) is 0. The zero-order valence-corrected chi connectivity index (χ0v) is 4.51. The summed E-state index contributed by atoms with van der Waals surface area (Å²) in [6.07, 6.45) is 1.55. The number of H-pyrrole nitrogens is 1. The third-order valence-electron chi connectivity index (χ3n) is 0.923. The molecule has 8 heavy (non-hydrogen) atoms. The van der Waals surface area contributed by atoms with Gasteiger partial charge in [-0.15, -0.1) is 0 Å². The summed E-state index contributed by atoms with van der Waals surface area (Å²) in [5.41, 5.74) is -0.118. The molecule has 0 unspecified atom stereocenters. The summed E-state index contributed by atoms with van der Waals surface area (Å²) >= 11 is 1.74. The summed E-state index contributed by atoms with van der Waals surface area (Å²) in [6, 6.07) is 1.67. The van der Waals surface area contributed by atoms with E-state index in [4.69, 9.17) is 0 Å². The molecule has 3 nitrogen and oxygen atoms in total. The van der Waals surface area contributed by atoms with Crippen molar-refractivity contribution in [1.29, 1.82) is 0 Å². The Morgan fingerprint density at radius 3 is 2.88 bits per heavy atom. The van der Waals surface area contributed by atoms with Crippen LogP contribution in [-0.2, 0) is 0 Å². The van der Waals surface area contributed by atoms with Gasteiger partial charge in [-0.3, -0.25) is 0 Å². The molecule has 0 aromatic carbocycles. The Morgan fingerprint density at radius 2 is 2.50 bits per heavy atom. The summed E-state index contributed by atoms with van der Waals surface area (Å²) in [5, 5.41) is 5.80. The van der Waals surface area contributed by atoms with Crippen LogP contribution in [-0.4, -0.2) is 27.9 Å². The first-order valence-corrected chi connectivity index (χ1v) is 2.31. The number of rotatable bonds is 0. The molecule has 1 heterocycles. The SMILES string of the molecule is [Li][c]1ccn[nH]c1=O. The Morgan fingerprint density at radius 1 is 1.75 bits per heavy atom. The molecular weight excluding hydrogens is 99.0 g/mol. The van der Waals surface area contributed by atoms with Crippen molar-refractivity contribution in [2.24, 2.45) is 0 Å². The molecule has 36 valence electrons. The number of aromatic nitrogens is 2. The number of aromatic amines is 1. The van der Waals surface area contributed by atoms with Crippen LogP contribution < -0.4 is 9.80 Å². The predicted octanol–water partition coefficient (Wildman–Crippen LogP) is -1.44. The first-order chi connectivity index (χ1) is 3.80. The van der Waals surface area contributed by atoms with Gasteiger partial charge in [0.2, 0.25) is 0 Å². The van der Waals surface area contributed by atoms with E-state index in [1.54, 1.807) is 30.0 Å². The molecule has 1 N–H and O–H groups in total. The van der Waals surface area contributed by atoms with E-state index in [1.165, 1.54) is 0 Å². The second kappa shape index (κ2) is 2.16. The van der Waals surface area contributed by atoms with Crippen LogP contribution in [0.2, 0.25) is 0 Å². The van der Waals surface area contributed by atoms with Gasteiger partial charge in [-0.05, 0) is 0 Å². The van der Waals surface area contributed by atoms with Gasteiger partial charge in [0.05, 0.1) is 0 Å². The van der Waals surface area contributed by atoms with E-state index in [1.807, 2.05) is 0 Å². The van der Waals surface area contributed by atoms with Crippen LogP contribution in [0.4, 0.5) is 0 Å². The third kappa shape index (κ3) is 1.00. The van der Waals surface area contributed by atoms with E-state index >= 15 is 0 Å². The van der Waals surface area contributed by atoms with E-state index in [0.717, 1.165) is 0 Å². The second-order valence-corrected chi connectivity index (χ2v) is 1.57. The Kier molecular flexibility index (Phi) is 1.52. The molecule has 1 aromatic rings. The van der Waals surface area contributed by atoms with Crippen LogP contribution in [0.15, 0.2) is 17.1 Å². The minimum absolute atomic E-state index is 0.118. The Labute approximate surface area is 55.3 Å². The Hall–Kier alpha value is -0.523. The molecule has 1 aromatic heterocycles. The fourth-order valence-corrected chi connectivity index (χ4v) is 0.409. The van der Waals surface area contributed by atoms with Crippen LogP contribution in [0.5, 0.6) is 0 Å². The van der Waals surface area contributed by atoms with Crippen LogP contribution in [0.3, 0.4) is 0 Å². The van der Waals surface area contributed by atoms with Gasteiger partial charge in [-0.1, -0.05) is 0 Å². The summed E-state index contributed by atoms with van der Waals surface area (Å²) in [4.78, 5) is 10.5. The van der Waals surface area contributed by atoms with E-state index in [-0.39, 0.29) is 5.56 Å². The van der Waals surface area contributed by atoms with Crippen molar-refractivity contribution in [3.05, 3.63) is 22.6 Å². The van der Waals surface area contributed by atoms with E-state index in [0.29, 0.717) is 4.24 Å². The van der Waals surface area contributed by atoms with Crippen molar-refractivity contribution >= 4 is 22.0 Å². The monoisotopic (exact) mass is 102 g/mol. The van der Waals surface area contributed by atoms with Crippen molar-refractivity contribution < 1.29 is 0 Å². The number of nitrogens with zero attached hydrogens (tertiary/aromatic N) is 1. The zero-order valence-electron chi connectivity index (χ0n) is 4.51. The predicted molar refractivity (Wildman–Crippen MR) is 30.2 cm³/mol. The molecule has 0 radical (unpaired) electrons. The molecule has 0 fully saturated rings. The quantitative estimate of drug-likeness (QED) is 0.408. The Bertz CT molecular complexity index is 231. The molecule has 0 aliphatic carbocycles. The molecule has 0 amide bonds. The minimum atomic E-state index is -0.118. The van der Waals surface area contributed by atoms with Gasteiger partial charge in [0, 0.05) is 0 Å². The van der Waals surface area contributed by atoms with E-state index < -0.39 is 0 Å². The molecule has 0 bridgehead atoms. The summed E-state index contributed by atoms with van der Waals surface area (Å²) in [7, 11) is 0. The number of hydrogen-bond acceptors (Lipinski definition) is 2. The zero-order chi connectivity index (χ0) is 5.98. The second-order valence-electron chi connectivity index (χ2n) is 1.57. The molecule has 0 aliphatic rings. The van der Waals surface area contributed by atoms with E-state index in [9.17, 15) is 4.79 Å². The molecule has 0 saturated carbocycles. The van der Waals surface area contributed by atoms with Crippen molar-refractivity contribution in [2.45, 2.75) is 0 Å². The van der Waals surface area contributed by atoms with Gasteiger partial charge in [-0.2, -0.15) is 0 Å².